The van der Waals surface area contributed by atoms with Crippen LogP contribution in [0.25, 0.3) is 11.0 Å². The van der Waals surface area contributed by atoms with Crippen LogP contribution in [0.1, 0.15) is 12.5 Å². The first kappa shape index (κ1) is 7.22. The predicted molar refractivity (Wildman–Crippen MR) is 50.0 cm³/mol. The summed E-state index contributed by atoms with van der Waals surface area (Å²) in [6, 6.07) is 6.10. The number of fused-ring (bicyclic) bond motifs is 1. The predicted octanol–water partition coefficient (Wildman–Crippen LogP) is 2.58. The van der Waals surface area contributed by atoms with Crippen LogP contribution in [0.5, 0.6) is 0 Å². The minimum absolute atomic E-state index is 0.723. The van der Waals surface area contributed by atoms with Gasteiger partial charge in [0, 0.05) is 5.39 Å². The van der Waals surface area contributed by atoms with Gasteiger partial charge in [0.15, 0.2) is 0 Å². The average Bonchev–Trinajstić information content (AvgIpc) is 2.47. The van der Waals surface area contributed by atoms with Crippen molar-refractivity contribution in [3.63, 3.8) is 0 Å². The fourth-order valence-corrected chi connectivity index (χ4v) is 1.32. The number of nitrogens with two attached hydrogens (primary N) is 1. The van der Waals surface area contributed by atoms with Gasteiger partial charge in [-0.1, -0.05) is 13.0 Å². The SMILES string of the molecule is CCc1ccc2occ(N)c2c1. The van der Waals surface area contributed by atoms with Crippen molar-refractivity contribution in [3.05, 3.63) is 30.0 Å². The van der Waals surface area contributed by atoms with E-state index in [0.29, 0.717) is 0 Å². The fourth-order valence-electron chi connectivity index (χ4n) is 1.32. The molecule has 0 amide bonds. The third kappa shape index (κ3) is 0.961. The highest BCUT2D eigenvalue weighted by atomic mass is 16.3. The van der Waals surface area contributed by atoms with Crippen molar-refractivity contribution in [1.29, 1.82) is 0 Å². The smallest absolute Gasteiger partial charge is 0.136 e. The summed E-state index contributed by atoms with van der Waals surface area (Å²) >= 11 is 0. The van der Waals surface area contributed by atoms with Gasteiger partial charge in [0.2, 0.25) is 0 Å². The van der Waals surface area contributed by atoms with Crippen molar-refractivity contribution >= 4 is 16.7 Å². The Labute approximate surface area is 71.0 Å². The van der Waals surface area contributed by atoms with Gasteiger partial charge < -0.3 is 10.2 Å². The van der Waals surface area contributed by atoms with Gasteiger partial charge in [-0.3, -0.25) is 0 Å². The van der Waals surface area contributed by atoms with Crippen molar-refractivity contribution in [2.45, 2.75) is 13.3 Å². The van der Waals surface area contributed by atoms with E-state index in [0.717, 1.165) is 23.1 Å². The molecule has 0 aliphatic heterocycles. The summed E-state index contributed by atoms with van der Waals surface area (Å²) in [6.07, 6.45) is 2.62. The summed E-state index contributed by atoms with van der Waals surface area (Å²) in [5.41, 5.74) is 8.58. The van der Waals surface area contributed by atoms with E-state index >= 15 is 0 Å². The third-order valence-electron chi connectivity index (χ3n) is 2.08. The largest absolute Gasteiger partial charge is 0.462 e. The number of hydrogen-bond donors (Lipinski definition) is 1. The summed E-state index contributed by atoms with van der Waals surface area (Å²) in [5, 5.41) is 1.02. The van der Waals surface area contributed by atoms with Gasteiger partial charge in [-0.15, -0.1) is 0 Å². The van der Waals surface area contributed by atoms with E-state index < -0.39 is 0 Å². The Bertz CT molecular complexity index is 403. The highest BCUT2D eigenvalue weighted by Crippen LogP contribution is 2.24. The molecule has 0 aliphatic carbocycles. The lowest BCUT2D eigenvalue weighted by molar-refractivity contribution is 0.617. The fraction of sp³-hybridized carbons (Fsp3) is 0.200. The molecule has 0 radical (unpaired) electrons. The lowest BCUT2D eigenvalue weighted by Crippen LogP contribution is -1.82. The highest BCUT2D eigenvalue weighted by molar-refractivity contribution is 5.89. The van der Waals surface area contributed by atoms with E-state index in [1.807, 2.05) is 6.07 Å². The van der Waals surface area contributed by atoms with E-state index in [1.165, 1.54) is 5.56 Å². The molecule has 0 fully saturated rings. The van der Waals surface area contributed by atoms with E-state index in [1.54, 1.807) is 6.26 Å². The molecule has 2 aromatic rings. The van der Waals surface area contributed by atoms with Crippen LogP contribution in [0.4, 0.5) is 5.69 Å². The molecule has 0 unspecified atom stereocenters. The number of nitrogen functional groups attached to an aromatic ring is 1. The molecule has 0 aliphatic rings. The average molecular weight is 161 g/mol. The third-order valence-corrected chi connectivity index (χ3v) is 2.08. The second kappa shape index (κ2) is 2.55. The van der Waals surface area contributed by atoms with Gasteiger partial charge in [0.1, 0.15) is 11.8 Å². The maximum Gasteiger partial charge on any atom is 0.136 e. The summed E-state index contributed by atoms with van der Waals surface area (Å²) in [5.74, 6) is 0. The minimum atomic E-state index is 0.723. The van der Waals surface area contributed by atoms with Crippen molar-refractivity contribution in [1.82, 2.24) is 0 Å². The lowest BCUT2D eigenvalue weighted by atomic mass is 10.1. The normalized spacial score (nSPS) is 10.8. The Morgan fingerprint density at radius 3 is 3.00 bits per heavy atom. The van der Waals surface area contributed by atoms with Crippen molar-refractivity contribution in [3.8, 4) is 0 Å². The van der Waals surface area contributed by atoms with Gasteiger partial charge in [-0.25, -0.2) is 0 Å². The zero-order valence-electron chi connectivity index (χ0n) is 7.00. The number of benzene rings is 1. The summed E-state index contributed by atoms with van der Waals surface area (Å²) in [7, 11) is 0. The van der Waals surface area contributed by atoms with E-state index in [4.69, 9.17) is 10.2 Å². The Morgan fingerprint density at radius 1 is 1.42 bits per heavy atom. The molecule has 62 valence electrons. The van der Waals surface area contributed by atoms with Crippen molar-refractivity contribution in [2.75, 3.05) is 5.73 Å². The van der Waals surface area contributed by atoms with Crippen LogP contribution in [0, 0.1) is 0 Å². The standard InChI is InChI=1S/C10H11NO/c1-2-7-3-4-10-8(5-7)9(11)6-12-10/h3-6H,2,11H2,1H3. The molecule has 0 bridgehead atoms. The maximum absolute atomic E-state index is 5.71. The Kier molecular flexibility index (Phi) is 1.54. The molecule has 0 atom stereocenters. The maximum atomic E-state index is 5.71. The number of hydrogen-bond acceptors (Lipinski definition) is 2. The molecule has 1 aromatic heterocycles. The quantitative estimate of drug-likeness (QED) is 0.698. The Hall–Kier alpha value is -1.44. The number of aryl methyl sites for hydroxylation is 1. The summed E-state index contributed by atoms with van der Waals surface area (Å²) < 4.78 is 5.22. The van der Waals surface area contributed by atoms with Crippen LogP contribution < -0.4 is 5.73 Å². The molecular weight excluding hydrogens is 150 g/mol. The molecule has 1 aromatic carbocycles. The summed E-state index contributed by atoms with van der Waals surface area (Å²) in [6.45, 7) is 2.12. The van der Waals surface area contributed by atoms with Crippen molar-refractivity contribution < 1.29 is 4.42 Å². The van der Waals surface area contributed by atoms with Crippen molar-refractivity contribution in [2.24, 2.45) is 0 Å². The monoisotopic (exact) mass is 161 g/mol. The molecule has 2 heteroatoms. The van der Waals surface area contributed by atoms with Crippen LogP contribution in [-0.4, -0.2) is 0 Å². The topological polar surface area (TPSA) is 39.2 Å². The van der Waals surface area contributed by atoms with Crippen LogP contribution in [-0.2, 0) is 6.42 Å². The molecule has 2 nitrogen and oxygen atoms in total. The first-order valence-electron chi connectivity index (χ1n) is 4.07. The second-order valence-electron chi connectivity index (χ2n) is 2.88. The molecule has 12 heavy (non-hydrogen) atoms. The van der Waals surface area contributed by atoms with Gasteiger partial charge in [-0.2, -0.15) is 0 Å². The minimum Gasteiger partial charge on any atom is -0.462 e. The number of anilines is 1. The molecule has 0 spiro atoms. The summed E-state index contributed by atoms with van der Waals surface area (Å²) in [4.78, 5) is 0. The number of furan rings is 1. The van der Waals surface area contributed by atoms with E-state index in [2.05, 4.69) is 19.1 Å². The van der Waals surface area contributed by atoms with E-state index in [9.17, 15) is 0 Å². The Morgan fingerprint density at radius 2 is 2.25 bits per heavy atom. The highest BCUT2D eigenvalue weighted by Gasteiger charge is 2.01. The zero-order chi connectivity index (χ0) is 8.55. The first-order chi connectivity index (χ1) is 5.81. The molecule has 0 saturated carbocycles. The first-order valence-corrected chi connectivity index (χ1v) is 4.07. The molecule has 2 N–H and O–H groups in total. The molecular formula is C10H11NO. The van der Waals surface area contributed by atoms with Gasteiger partial charge >= 0.3 is 0 Å². The lowest BCUT2D eigenvalue weighted by Gasteiger charge is -1.95. The van der Waals surface area contributed by atoms with E-state index in [-0.39, 0.29) is 0 Å². The van der Waals surface area contributed by atoms with Crippen LogP contribution in [0.2, 0.25) is 0 Å². The molecule has 0 saturated heterocycles. The van der Waals surface area contributed by atoms with Gasteiger partial charge in [0.05, 0.1) is 5.69 Å². The van der Waals surface area contributed by atoms with Gasteiger partial charge in [-0.05, 0) is 24.1 Å². The number of rotatable bonds is 1. The Balaban J connectivity index is 2.71. The van der Waals surface area contributed by atoms with Crippen LogP contribution in [0.15, 0.2) is 28.9 Å². The van der Waals surface area contributed by atoms with Crippen LogP contribution in [0.3, 0.4) is 0 Å². The molecule has 1 heterocycles. The van der Waals surface area contributed by atoms with Crippen LogP contribution >= 0.6 is 0 Å². The zero-order valence-corrected chi connectivity index (χ0v) is 7.00. The van der Waals surface area contributed by atoms with Gasteiger partial charge in [0.25, 0.3) is 0 Å². The second-order valence-corrected chi connectivity index (χ2v) is 2.88. The molecule has 2 rings (SSSR count).